The predicted molar refractivity (Wildman–Crippen MR) is 69.3 cm³/mol. The number of amides is 1. The van der Waals surface area contributed by atoms with Gasteiger partial charge in [0.25, 0.3) is 5.91 Å². The highest BCUT2D eigenvalue weighted by atomic mass is 35.5. The van der Waals surface area contributed by atoms with Gasteiger partial charge in [-0.1, -0.05) is 17.7 Å². The van der Waals surface area contributed by atoms with Gasteiger partial charge in [0, 0.05) is 5.56 Å². The Bertz CT molecular complexity index is 614. The second kappa shape index (κ2) is 5.92. The van der Waals surface area contributed by atoms with Crippen molar-refractivity contribution < 1.29 is 13.6 Å². The third-order valence-electron chi connectivity index (χ3n) is 2.63. The number of benzene rings is 1. The van der Waals surface area contributed by atoms with E-state index < -0.39 is 23.6 Å². The van der Waals surface area contributed by atoms with Gasteiger partial charge in [-0.25, -0.2) is 18.7 Å². The fourth-order valence-corrected chi connectivity index (χ4v) is 1.79. The fourth-order valence-electron chi connectivity index (χ4n) is 1.70. The Hall–Kier alpha value is -2.08. The summed E-state index contributed by atoms with van der Waals surface area (Å²) in [7, 11) is 0. The molecule has 0 fully saturated rings. The number of carbonyl (C=O) groups is 1. The van der Waals surface area contributed by atoms with E-state index in [1.165, 1.54) is 25.4 Å². The van der Waals surface area contributed by atoms with Crippen LogP contribution in [0.1, 0.15) is 29.0 Å². The number of nitrogens with zero attached hydrogens (tertiary/aromatic N) is 2. The molecular weight excluding hydrogens is 288 g/mol. The van der Waals surface area contributed by atoms with Crippen molar-refractivity contribution in [1.82, 2.24) is 15.3 Å². The zero-order chi connectivity index (χ0) is 14.7. The van der Waals surface area contributed by atoms with E-state index in [0.29, 0.717) is 0 Å². The molecule has 4 nitrogen and oxygen atoms in total. The third-order valence-corrected chi connectivity index (χ3v) is 2.83. The lowest BCUT2D eigenvalue weighted by molar-refractivity contribution is 0.0933. The Kier molecular flexibility index (Phi) is 4.24. The molecule has 0 aliphatic heterocycles. The maximum Gasteiger partial charge on any atom is 0.271 e. The summed E-state index contributed by atoms with van der Waals surface area (Å²) in [6.45, 7) is 1.47. The highest BCUT2D eigenvalue weighted by Gasteiger charge is 2.19. The summed E-state index contributed by atoms with van der Waals surface area (Å²) < 4.78 is 27.1. The maximum atomic E-state index is 13.6. The van der Waals surface area contributed by atoms with Crippen molar-refractivity contribution >= 4 is 17.5 Å². The average Bonchev–Trinajstić information content (AvgIpc) is 2.39. The van der Waals surface area contributed by atoms with E-state index in [2.05, 4.69) is 15.3 Å². The molecule has 0 aliphatic carbocycles. The number of halogens is 3. The predicted octanol–water partition coefficient (Wildman–Crippen LogP) is 2.90. The van der Waals surface area contributed by atoms with E-state index in [1.807, 2.05) is 0 Å². The van der Waals surface area contributed by atoms with Crippen LogP contribution < -0.4 is 5.32 Å². The lowest BCUT2D eigenvalue weighted by Crippen LogP contribution is -2.28. The SMILES string of the molecule is CC(NC(=O)c1cnc(Cl)cn1)c1c(F)cccc1F. The molecule has 7 heteroatoms. The monoisotopic (exact) mass is 297 g/mol. The lowest BCUT2D eigenvalue weighted by Gasteiger charge is -2.15. The largest absolute Gasteiger partial charge is 0.344 e. The van der Waals surface area contributed by atoms with Crippen LogP contribution in [0.3, 0.4) is 0 Å². The Balaban J connectivity index is 2.17. The molecule has 1 unspecified atom stereocenters. The van der Waals surface area contributed by atoms with E-state index >= 15 is 0 Å². The molecule has 0 saturated heterocycles. The van der Waals surface area contributed by atoms with Crippen molar-refractivity contribution in [3.8, 4) is 0 Å². The summed E-state index contributed by atoms with van der Waals surface area (Å²) in [5, 5.41) is 2.60. The molecule has 2 aromatic rings. The van der Waals surface area contributed by atoms with E-state index in [-0.39, 0.29) is 16.4 Å². The van der Waals surface area contributed by atoms with E-state index in [1.54, 1.807) is 0 Å². The second-order valence-electron chi connectivity index (χ2n) is 4.05. The van der Waals surface area contributed by atoms with Crippen LogP contribution in [0.2, 0.25) is 5.15 Å². The Morgan fingerprint density at radius 2 is 1.90 bits per heavy atom. The zero-order valence-electron chi connectivity index (χ0n) is 10.4. The van der Waals surface area contributed by atoms with Gasteiger partial charge in [-0.2, -0.15) is 0 Å². The first-order valence-corrected chi connectivity index (χ1v) is 6.09. The van der Waals surface area contributed by atoms with Crippen molar-refractivity contribution in [1.29, 1.82) is 0 Å². The van der Waals surface area contributed by atoms with Gasteiger partial charge in [0.1, 0.15) is 22.5 Å². The van der Waals surface area contributed by atoms with Gasteiger partial charge in [0.05, 0.1) is 18.4 Å². The number of carbonyl (C=O) groups excluding carboxylic acids is 1. The van der Waals surface area contributed by atoms with Crippen LogP contribution in [0, 0.1) is 11.6 Å². The Morgan fingerprint density at radius 1 is 1.25 bits per heavy atom. The van der Waals surface area contributed by atoms with Crippen LogP contribution in [0.15, 0.2) is 30.6 Å². The molecule has 0 saturated carbocycles. The molecule has 0 bridgehead atoms. The van der Waals surface area contributed by atoms with Crippen molar-refractivity contribution in [2.24, 2.45) is 0 Å². The first-order valence-electron chi connectivity index (χ1n) is 5.71. The average molecular weight is 298 g/mol. The summed E-state index contributed by atoms with van der Waals surface area (Å²) >= 11 is 5.56. The minimum Gasteiger partial charge on any atom is -0.344 e. The third kappa shape index (κ3) is 3.08. The highest BCUT2D eigenvalue weighted by molar-refractivity contribution is 6.29. The first kappa shape index (κ1) is 14.3. The summed E-state index contributed by atoms with van der Waals surface area (Å²) in [5.74, 6) is -2.04. The van der Waals surface area contributed by atoms with Crippen LogP contribution in [0.5, 0.6) is 0 Å². The molecule has 1 amide bonds. The minimum atomic E-state index is -0.846. The molecule has 1 N–H and O–H groups in total. The second-order valence-corrected chi connectivity index (χ2v) is 4.44. The number of hydrogen-bond acceptors (Lipinski definition) is 3. The van der Waals surface area contributed by atoms with Gasteiger partial charge in [0.15, 0.2) is 0 Å². The molecule has 0 spiro atoms. The van der Waals surface area contributed by atoms with Crippen LogP contribution in [-0.4, -0.2) is 15.9 Å². The zero-order valence-corrected chi connectivity index (χ0v) is 11.2. The molecule has 1 heterocycles. The Morgan fingerprint density at radius 3 is 2.45 bits per heavy atom. The van der Waals surface area contributed by atoms with Crippen LogP contribution >= 0.6 is 11.6 Å². The standard InChI is InChI=1S/C13H10ClF2N3O/c1-7(12-8(15)3-2-4-9(12)16)19-13(20)10-5-18-11(14)6-17-10/h2-7H,1H3,(H,19,20). The van der Waals surface area contributed by atoms with E-state index in [4.69, 9.17) is 11.6 Å². The molecular formula is C13H10ClF2N3O. The van der Waals surface area contributed by atoms with Crippen LogP contribution in [-0.2, 0) is 0 Å². The van der Waals surface area contributed by atoms with Gasteiger partial charge in [-0.15, -0.1) is 0 Å². The maximum absolute atomic E-state index is 13.6. The van der Waals surface area contributed by atoms with Gasteiger partial charge >= 0.3 is 0 Å². The first-order chi connectivity index (χ1) is 9.49. The van der Waals surface area contributed by atoms with Gasteiger partial charge < -0.3 is 5.32 Å². The van der Waals surface area contributed by atoms with Crippen molar-refractivity contribution in [3.05, 3.63) is 58.6 Å². The normalized spacial score (nSPS) is 12.0. The van der Waals surface area contributed by atoms with Gasteiger partial charge in [0.2, 0.25) is 0 Å². The summed E-state index contributed by atoms with van der Waals surface area (Å²) in [4.78, 5) is 19.3. The Labute approximate surface area is 118 Å². The van der Waals surface area contributed by atoms with Crippen molar-refractivity contribution in [3.63, 3.8) is 0 Å². The number of nitrogens with one attached hydrogen (secondary N) is 1. The topological polar surface area (TPSA) is 54.9 Å². The molecule has 104 valence electrons. The number of rotatable bonds is 3. The molecule has 0 aliphatic rings. The number of aromatic nitrogens is 2. The molecule has 1 aromatic heterocycles. The van der Waals surface area contributed by atoms with Crippen molar-refractivity contribution in [2.45, 2.75) is 13.0 Å². The summed E-state index contributed by atoms with van der Waals surface area (Å²) in [5.41, 5.74) is -0.194. The van der Waals surface area contributed by atoms with Crippen molar-refractivity contribution in [2.75, 3.05) is 0 Å². The molecule has 1 aromatic carbocycles. The molecule has 20 heavy (non-hydrogen) atoms. The molecule has 0 radical (unpaired) electrons. The lowest BCUT2D eigenvalue weighted by atomic mass is 10.1. The molecule has 2 rings (SSSR count). The highest BCUT2D eigenvalue weighted by Crippen LogP contribution is 2.20. The minimum absolute atomic E-state index is 0.0120. The van der Waals surface area contributed by atoms with Gasteiger partial charge in [-0.05, 0) is 19.1 Å². The molecule has 1 atom stereocenters. The van der Waals surface area contributed by atoms with E-state index in [0.717, 1.165) is 12.1 Å². The van der Waals surface area contributed by atoms with Gasteiger partial charge in [-0.3, -0.25) is 4.79 Å². The smallest absolute Gasteiger partial charge is 0.271 e. The van der Waals surface area contributed by atoms with E-state index in [9.17, 15) is 13.6 Å². The number of hydrogen-bond donors (Lipinski definition) is 1. The summed E-state index contributed by atoms with van der Waals surface area (Å²) in [6.07, 6.45) is 2.40. The summed E-state index contributed by atoms with van der Waals surface area (Å²) in [6, 6.07) is 2.67. The van der Waals surface area contributed by atoms with Crippen LogP contribution in [0.4, 0.5) is 8.78 Å². The quantitative estimate of drug-likeness (QED) is 0.948. The fraction of sp³-hybridized carbons (Fsp3) is 0.154. The van der Waals surface area contributed by atoms with Crippen LogP contribution in [0.25, 0.3) is 0 Å².